The second kappa shape index (κ2) is 5.03. The van der Waals surface area contributed by atoms with E-state index < -0.39 is 42.0 Å². The number of hydrogen-bond donors (Lipinski definition) is 1. The zero-order chi connectivity index (χ0) is 13.9. The molecule has 0 aliphatic heterocycles. The number of nitrogens with zero attached hydrogens (tertiary/aromatic N) is 2. The fourth-order valence-corrected chi connectivity index (χ4v) is 1.17. The van der Waals surface area contributed by atoms with E-state index in [1.807, 2.05) is 0 Å². The van der Waals surface area contributed by atoms with E-state index in [-0.39, 0.29) is 0 Å². The van der Waals surface area contributed by atoms with Gasteiger partial charge in [0.05, 0.1) is 24.3 Å². The lowest BCUT2D eigenvalue weighted by atomic mass is 10.1. The molecule has 0 atom stereocenters. The smallest absolute Gasteiger partial charge is 0.506 e. The van der Waals surface area contributed by atoms with Crippen molar-refractivity contribution in [2.24, 2.45) is 0 Å². The summed E-state index contributed by atoms with van der Waals surface area (Å²) in [6, 6.07) is 1.44. The van der Waals surface area contributed by atoms with Crippen molar-refractivity contribution in [2.75, 3.05) is 0 Å². The molecule has 18 heavy (non-hydrogen) atoms. The lowest BCUT2D eigenvalue weighted by Crippen LogP contribution is -2.20. The molecule has 98 valence electrons. The zero-order valence-electron chi connectivity index (χ0n) is 8.50. The van der Waals surface area contributed by atoms with Crippen LogP contribution in [0.2, 0.25) is 0 Å². The summed E-state index contributed by atoms with van der Waals surface area (Å²) in [5.41, 5.74) is -1.96. The Kier molecular flexibility index (Phi) is 3.90. The molecule has 1 heterocycles. The van der Waals surface area contributed by atoms with Crippen LogP contribution in [0.5, 0.6) is 11.5 Å². The first kappa shape index (κ1) is 14.0. The average Bonchev–Trinajstić information content (AvgIpc) is 2.21. The first-order chi connectivity index (χ1) is 8.26. The van der Waals surface area contributed by atoms with Gasteiger partial charge in [-0.2, -0.15) is 5.26 Å². The number of hydrogen-bond acceptors (Lipinski definition) is 4. The van der Waals surface area contributed by atoms with Crippen LogP contribution in [0.4, 0.5) is 22.0 Å². The van der Waals surface area contributed by atoms with Gasteiger partial charge in [0.1, 0.15) is 11.4 Å². The monoisotopic (exact) mass is 268 g/mol. The van der Waals surface area contributed by atoms with Gasteiger partial charge in [0.25, 0.3) is 6.43 Å². The number of pyridine rings is 1. The van der Waals surface area contributed by atoms with E-state index in [0.29, 0.717) is 6.20 Å². The lowest BCUT2D eigenvalue weighted by Gasteiger charge is -2.15. The first-order valence-corrected chi connectivity index (χ1v) is 4.38. The number of rotatable bonds is 3. The van der Waals surface area contributed by atoms with E-state index in [9.17, 15) is 27.1 Å². The molecule has 0 amide bonds. The highest BCUT2D eigenvalue weighted by molar-refractivity contribution is 5.47. The molecule has 0 aliphatic rings. The van der Waals surface area contributed by atoms with E-state index in [1.54, 1.807) is 0 Å². The minimum absolute atomic E-state index is 0.539. The Morgan fingerprint density at radius 3 is 2.50 bits per heavy atom. The van der Waals surface area contributed by atoms with Crippen LogP contribution in [-0.4, -0.2) is 16.5 Å². The summed E-state index contributed by atoms with van der Waals surface area (Å²) in [7, 11) is 0. The summed E-state index contributed by atoms with van der Waals surface area (Å²) in [5.74, 6) is -2.15. The first-order valence-electron chi connectivity index (χ1n) is 4.38. The molecule has 0 spiro atoms. The second-order valence-corrected chi connectivity index (χ2v) is 3.02. The third-order valence-electron chi connectivity index (χ3n) is 1.82. The molecule has 0 saturated heterocycles. The van der Waals surface area contributed by atoms with Gasteiger partial charge in [0.2, 0.25) is 0 Å². The molecule has 0 aliphatic carbocycles. The average molecular weight is 268 g/mol. The Labute approximate surface area is 97.2 Å². The van der Waals surface area contributed by atoms with Gasteiger partial charge in [0, 0.05) is 0 Å². The summed E-state index contributed by atoms with van der Waals surface area (Å²) < 4.78 is 64.6. The molecular weight excluding hydrogens is 263 g/mol. The van der Waals surface area contributed by atoms with E-state index in [4.69, 9.17) is 5.26 Å². The van der Waals surface area contributed by atoms with Gasteiger partial charge in [-0.15, -0.1) is 13.2 Å². The molecule has 1 rings (SSSR count). The van der Waals surface area contributed by atoms with Gasteiger partial charge in [-0.05, 0) is 0 Å². The van der Waals surface area contributed by atoms with Gasteiger partial charge < -0.3 is 9.84 Å². The fourth-order valence-electron chi connectivity index (χ4n) is 1.17. The summed E-state index contributed by atoms with van der Waals surface area (Å²) in [4.78, 5) is 2.97. The van der Waals surface area contributed by atoms with Crippen LogP contribution >= 0.6 is 0 Å². The van der Waals surface area contributed by atoms with Gasteiger partial charge in [-0.1, -0.05) is 0 Å². The molecule has 0 saturated carbocycles. The minimum atomic E-state index is -5.23. The topological polar surface area (TPSA) is 66.1 Å². The molecule has 1 aromatic heterocycles. The van der Waals surface area contributed by atoms with E-state index in [2.05, 4.69) is 9.72 Å². The van der Waals surface area contributed by atoms with Gasteiger partial charge >= 0.3 is 6.36 Å². The number of alkyl halides is 5. The summed E-state index contributed by atoms with van der Waals surface area (Å²) in [6.45, 7) is 0. The van der Waals surface area contributed by atoms with Crippen LogP contribution in [0.1, 0.15) is 17.7 Å². The van der Waals surface area contributed by atoms with Crippen molar-refractivity contribution >= 4 is 0 Å². The number of aromatic hydroxyl groups is 1. The maximum absolute atomic E-state index is 12.5. The van der Waals surface area contributed by atoms with E-state index >= 15 is 0 Å². The van der Waals surface area contributed by atoms with Crippen LogP contribution in [0.25, 0.3) is 0 Å². The predicted molar refractivity (Wildman–Crippen MR) is 46.9 cm³/mol. The molecular formula is C9H5F5N2O2. The van der Waals surface area contributed by atoms with Crippen LogP contribution in [0.15, 0.2) is 6.20 Å². The fraction of sp³-hybridized carbons (Fsp3) is 0.333. The molecule has 9 heteroatoms. The third-order valence-corrected chi connectivity index (χ3v) is 1.82. The predicted octanol–water partition coefficient (Wildman–Crippen LogP) is 2.69. The summed E-state index contributed by atoms with van der Waals surface area (Å²) in [6.07, 6.45) is -8.75. The SMILES string of the molecule is N#CCc1c(O)cnc(C(F)F)c1OC(F)(F)F. The molecule has 0 bridgehead atoms. The van der Waals surface area contributed by atoms with Crippen molar-refractivity contribution in [2.45, 2.75) is 19.2 Å². The quantitative estimate of drug-likeness (QED) is 0.856. The summed E-state index contributed by atoms with van der Waals surface area (Å²) in [5, 5.41) is 17.6. The highest BCUT2D eigenvalue weighted by Gasteiger charge is 2.36. The molecule has 4 nitrogen and oxygen atoms in total. The number of aromatic nitrogens is 1. The van der Waals surface area contributed by atoms with Crippen molar-refractivity contribution in [1.29, 1.82) is 5.26 Å². The number of nitriles is 1. The molecule has 1 aromatic rings. The van der Waals surface area contributed by atoms with Gasteiger partial charge in [-0.25, -0.2) is 13.8 Å². The van der Waals surface area contributed by atoms with Crippen LogP contribution in [0, 0.1) is 11.3 Å². The Bertz CT molecular complexity index is 481. The van der Waals surface area contributed by atoms with Crippen LogP contribution < -0.4 is 4.74 Å². The Hall–Kier alpha value is -2.11. The van der Waals surface area contributed by atoms with Crippen molar-refractivity contribution in [3.8, 4) is 17.6 Å². The molecule has 0 unspecified atom stereocenters. The van der Waals surface area contributed by atoms with Crippen molar-refractivity contribution in [3.05, 3.63) is 17.5 Å². The molecule has 0 radical (unpaired) electrons. The maximum Gasteiger partial charge on any atom is 0.573 e. The Morgan fingerprint density at radius 2 is 2.06 bits per heavy atom. The highest BCUT2D eigenvalue weighted by Crippen LogP contribution is 2.38. The van der Waals surface area contributed by atoms with Crippen molar-refractivity contribution < 1.29 is 31.8 Å². The van der Waals surface area contributed by atoms with Crippen molar-refractivity contribution in [1.82, 2.24) is 4.98 Å². The Morgan fingerprint density at radius 1 is 1.44 bits per heavy atom. The minimum Gasteiger partial charge on any atom is -0.506 e. The molecule has 0 fully saturated rings. The second-order valence-electron chi connectivity index (χ2n) is 3.02. The Balaban J connectivity index is 3.39. The van der Waals surface area contributed by atoms with Gasteiger partial charge in [0.15, 0.2) is 5.75 Å². The zero-order valence-corrected chi connectivity index (χ0v) is 8.50. The normalized spacial score (nSPS) is 11.4. The van der Waals surface area contributed by atoms with Gasteiger partial charge in [-0.3, -0.25) is 0 Å². The largest absolute Gasteiger partial charge is 0.573 e. The maximum atomic E-state index is 12.5. The number of ether oxygens (including phenoxy) is 1. The molecule has 1 N–H and O–H groups in total. The summed E-state index contributed by atoms with van der Waals surface area (Å²) >= 11 is 0. The van der Waals surface area contributed by atoms with E-state index in [1.165, 1.54) is 6.07 Å². The third kappa shape index (κ3) is 3.19. The van der Waals surface area contributed by atoms with E-state index in [0.717, 1.165) is 0 Å². The number of halogens is 5. The lowest BCUT2D eigenvalue weighted by molar-refractivity contribution is -0.275. The highest BCUT2D eigenvalue weighted by atomic mass is 19.4. The van der Waals surface area contributed by atoms with Crippen LogP contribution in [-0.2, 0) is 6.42 Å². The van der Waals surface area contributed by atoms with Crippen molar-refractivity contribution in [3.63, 3.8) is 0 Å². The standard InChI is InChI=1S/C9H5F5N2O2/c10-8(11)6-7(18-9(12,13)14)4(1-2-15)5(17)3-16-6/h3,8,17H,1H2. The van der Waals surface area contributed by atoms with Crippen LogP contribution in [0.3, 0.4) is 0 Å². The molecule has 0 aromatic carbocycles.